The summed E-state index contributed by atoms with van der Waals surface area (Å²) >= 11 is 0. The minimum absolute atomic E-state index is 0.197. The first kappa shape index (κ1) is 13.8. The molecule has 1 unspecified atom stereocenters. The second kappa shape index (κ2) is 5.31. The summed E-state index contributed by atoms with van der Waals surface area (Å²) < 4.78 is 26.5. The molecule has 0 spiro atoms. The van der Waals surface area contributed by atoms with Gasteiger partial charge in [-0.05, 0) is 17.7 Å². The van der Waals surface area contributed by atoms with E-state index in [0.717, 1.165) is 5.56 Å². The molecule has 5 nitrogen and oxygen atoms in total. The maximum absolute atomic E-state index is 12.0. The Morgan fingerprint density at radius 2 is 1.71 bits per heavy atom. The maximum atomic E-state index is 12.0. The lowest BCUT2D eigenvalue weighted by Crippen LogP contribution is -2.23. The van der Waals surface area contributed by atoms with E-state index >= 15 is 0 Å². The molecule has 0 bridgehead atoms. The highest BCUT2D eigenvalue weighted by Gasteiger charge is 2.30. The van der Waals surface area contributed by atoms with Crippen LogP contribution in [-0.4, -0.2) is 26.0 Å². The van der Waals surface area contributed by atoms with Crippen LogP contribution in [0, 0.1) is 0 Å². The number of aliphatic imine (C=N–C) groups is 1. The van der Waals surface area contributed by atoms with Gasteiger partial charge in [0.15, 0.2) is 0 Å². The lowest BCUT2D eigenvalue weighted by Gasteiger charge is -2.11. The lowest BCUT2D eigenvalue weighted by molar-refractivity contribution is 0.269. The van der Waals surface area contributed by atoms with Crippen LogP contribution in [0.25, 0.3) is 0 Å². The number of aliphatic hydroxyl groups excluding tert-OH is 1. The summed E-state index contributed by atoms with van der Waals surface area (Å²) in [6.07, 6.45) is 0. The third-order valence-electron chi connectivity index (χ3n) is 3.30. The SMILES string of the molecule is O=S1(=O)NC(=NC(CO)c2ccccc2)c2ccccc21. The van der Waals surface area contributed by atoms with Gasteiger partial charge in [0.1, 0.15) is 11.9 Å². The fraction of sp³-hybridized carbons (Fsp3) is 0.133. The van der Waals surface area contributed by atoms with E-state index in [1.165, 1.54) is 6.07 Å². The first-order valence-electron chi connectivity index (χ1n) is 6.47. The van der Waals surface area contributed by atoms with Gasteiger partial charge in [-0.3, -0.25) is 9.71 Å². The van der Waals surface area contributed by atoms with Gasteiger partial charge in [-0.2, -0.15) is 0 Å². The van der Waals surface area contributed by atoms with Gasteiger partial charge < -0.3 is 5.11 Å². The summed E-state index contributed by atoms with van der Waals surface area (Å²) in [6, 6.07) is 15.4. The van der Waals surface area contributed by atoms with E-state index in [-0.39, 0.29) is 17.3 Å². The molecule has 0 aliphatic carbocycles. The molecule has 2 N–H and O–H groups in total. The van der Waals surface area contributed by atoms with Crippen LogP contribution in [0.2, 0.25) is 0 Å². The van der Waals surface area contributed by atoms with Crippen LogP contribution in [0.5, 0.6) is 0 Å². The van der Waals surface area contributed by atoms with Crippen molar-refractivity contribution in [3.05, 3.63) is 65.7 Å². The van der Waals surface area contributed by atoms with Gasteiger partial charge in [0.05, 0.1) is 11.5 Å². The molecule has 0 saturated carbocycles. The molecule has 3 rings (SSSR count). The van der Waals surface area contributed by atoms with Gasteiger partial charge in [0.25, 0.3) is 10.0 Å². The molecule has 0 aromatic heterocycles. The second-order valence-corrected chi connectivity index (χ2v) is 6.34. The largest absolute Gasteiger partial charge is 0.394 e. The summed E-state index contributed by atoms with van der Waals surface area (Å²) in [6.45, 7) is -0.197. The quantitative estimate of drug-likeness (QED) is 0.901. The van der Waals surface area contributed by atoms with Gasteiger partial charge >= 0.3 is 0 Å². The third kappa shape index (κ3) is 2.55. The highest BCUT2D eigenvalue weighted by molar-refractivity contribution is 7.90. The molecule has 1 aliphatic heterocycles. The van der Waals surface area contributed by atoms with Crippen LogP contribution in [-0.2, 0) is 10.0 Å². The molecule has 0 amide bonds. The van der Waals surface area contributed by atoms with Crippen molar-refractivity contribution in [3.63, 3.8) is 0 Å². The Balaban J connectivity index is 2.05. The number of hydrogen-bond donors (Lipinski definition) is 2. The molecule has 108 valence electrons. The highest BCUT2D eigenvalue weighted by atomic mass is 32.2. The number of aliphatic hydroxyl groups is 1. The van der Waals surface area contributed by atoms with Gasteiger partial charge in [-0.1, -0.05) is 42.5 Å². The van der Waals surface area contributed by atoms with E-state index in [1.54, 1.807) is 18.2 Å². The van der Waals surface area contributed by atoms with E-state index < -0.39 is 16.1 Å². The lowest BCUT2D eigenvalue weighted by atomic mass is 10.1. The van der Waals surface area contributed by atoms with Crippen LogP contribution < -0.4 is 4.72 Å². The number of nitrogens with zero attached hydrogens (tertiary/aromatic N) is 1. The fourth-order valence-corrected chi connectivity index (χ4v) is 3.52. The minimum Gasteiger partial charge on any atom is -0.394 e. The molecule has 21 heavy (non-hydrogen) atoms. The third-order valence-corrected chi connectivity index (χ3v) is 4.70. The summed E-state index contributed by atoms with van der Waals surface area (Å²) in [5, 5.41) is 9.53. The molecule has 0 saturated heterocycles. The van der Waals surface area contributed by atoms with Gasteiger partial charge in [0.2, 0.25) is 0 Å². The predicted molar refractivity (Wildman–Crippen MR) is 79.6 cm³/mol. The number of fused-ring (bicyclic) bond motifs is 1. The summed E-state index contributed by atoms with van der Waals surface area (Å²) in [5.74, 6) is 0.272. The normalized spacial score (nSPS) is 19.0. The monoisotopic (exact) mass is 302 g/mol. The van der Waals surface area contributed by atoms with E-state index in [4.69, 9.17) is 0 Å². The summed E-state index contributed by atoms with van der Waals surface area (Å²) in [7, 11) is -3.55. The van der Waals surface area contributed by atoms with Crippen molar-refractivity contribution in [3.8, 4) is 0 Å². The van der Waals surface area contributed by atoms with E-state index in [2.05, 4.69) is 9.71 Å². The molecular weight excluding hydrogens is 288 g/mol. The van der Waals surface area contributed by atoms with E-state index in [0.29, 0.717) is 5.56 Å². The van der Waals surface area contributed by atoms with E-state index in [1.807, 2.05) is 30.3 Å². The Bertz CT molecular complexity index is 786. The molecule has 1 atom stereocenters. The minimum atomic E-state index is -3.55. The Kier molecular flexibility index (Phi) is 3.48. The van der Waals surface area contributed by atoms with E-state index in [9.17, 15) is 13.5 Å². The Morgan fingerprint density at radius 3 is 2.43 bits per heavy atom. The Hall–Kier alpha value is -2.18. The predicted octanol–water partition coefficient (Wildman–Crippen LogP) is 1.46. The van der Waals surface area contributed by atoms with Crippen LogP contribution >= 0.6 is 0 Å². The molecule has 1 aliphatic rings. The molecule has 1 heterocycles. The molecule has 0 fully saturated rings. The van der Waals surface area contributed by atoms with Crippen LogP contribution in [0.4, 0.5) is 0 Å². The number of rotatable bonds is 3. The fourth-order valence-electron chi connectivity index (χ4n) is 2.28. The molecule has 6 heteroatoms. The maximum Gasteiger partial charge on any atom is 0.263 e. The van der Waals surface area contributed by atoms with Crippen molar-refractivity contribution in [2.45, 2.75) is 10.9 Å². The average molecular weight is 302 g/mol. The van der Waals surface area contributed by atoms with Crippen molar-refractivity contribution in [2.75, 3.05) is 6.61 Å². The van der Waals surface area contributed by atoms with Crippen molar-refractivity contribution in [1.29, 1.82) is 0 Å². The Morgan fingerprint density at radius 1 is 1.05 bits per heavy atom. The number of benzene rings is 2. The molecule has 2 aromatic rings. The number of hydrogen-bond acceptors (Lipinski definition) is 4. The van der Waals surface area contributed by atoms with Crippen LogP contribution in [0.1, 0.15) is 17.2 Å². The van der Waals surface area contributed by atoms with Gasteiger partial charge in [-0.15, -0.1) is 0 Å². The number of sulfonamides is 1. The number of nitrogens with one attached hydrogen (secondary N) is 1. The van der Waals surface area contributed by atoms with Crippen molar-refractivity contribution >= 4 is 15.9 Å². The highest BCUT2D eigenvalue weighted by Crippen LogP contribution is 2.25. The van der Waals surface area contributed by atoms with Crippen LogP contribution in [0.15, 0.2) is 64.5 Å². The second-order valence-electron chi connectivity index (χ2n) is 4.69. The first-order chi connectivity index (χ1) is 10.1. The number of amidine groups is 1. The zero-order valence-corrected chi connectivity index (χ0v) is 11.9. The average Bonchev–Trinajstić information content (AvgIpc) is 2.77. The summed E-state index contributed by atoms with van der Waals surface area (Å²) in [4.78, 5) is 4.59. The van der Waals surface area contributed by atoms with Crippen molar-refractivity contribution < 1.29 is 13.5 Å². The van der Waals surface area contributed by atoms with Crippen molar-refractivity contribution in [2.24, 2.45) is 4.99 Å². The zero-order valence-electron chi connectivity index (χ0n) is 11.1. The van der Waals surface area contributed by atoms with Crippen molar-refractivity contribution in [1.82, 2.24) is 4.72 Å². The Labute approximate surface area is 123 Å². The standard InChI is InChI=1S/C15H14N2O3S/c18-10-13(11-6-2-1-3-7-11)16-15-12-8-4-5-9-14(12)21(19,20)17-15/h1-9,13,18H,10H2,(H,16,17). The summed E-state index contributed by atoms with van der Waals surface area (Å²) in [5.41, 5.74) is 1.36. The topological polar surface area (TPSA) is 78.8 Å². The molecule has 0 radical (unpaired) electrons. The van der Waals surface area contributed by atoms with Crippen LogP contribution in [0.3, 0.4) is 0 Å². The molecule has 2 aromatic carbocycles. The van der Waals surface area contributed by atoms with Gasteiger partial charge in [-0.25, -0.2) is 8.42 Å². The van der Waals surface area contributed by atoms with Gasteiger partial charge in [0, 0.05) is 5.56 Å². The first-order valence-corrected chi connectivity index (χ1v) is 7.96. The smallest absolute Gasteiger partial charge is 0.263 e. The zero-order chi connectivity index (χ0) is 14.9. The molecular formula is C15H14N2O3S.